The van der Waals surface area contributed by atoms with Crippen LogP contribution >= 0.6 is 11.6 Å². The third kappa shape index (κ3) is 6.58. The van der Waals surface area contributed by atoms with Crippen LogP contribution in [0.2, 0.25) is 5.02 Å². The summed E-state index contributed by atoms with van der Waals surface area (Å²) in [7, 11) is 1.76. The molecule has 0 amide bonds. The second-order valence-electron chi connectivity index (χ2n) is 9.17. The fraction of sp³-hybridized carbons (Fsp3) is 0.560. The van der Waals surface area contributed by atoms with E-state index in [-0.39, 0.29) is 0 Å². The number of nitrogens with one attached hydrogen (secondary N) is 3. The van der Waals surface area contributed by atoms with Crippen molar-refractivity contribution in [3.63, 3.8) is 0 Å². The lowest BCUT2D eigenvalue weighted by molar-refractivity contribution is 0.161. The number of hydrogen-bond donors (Lipinski definition) is 3. The Morgan fingerprint density at radius 1 is 1.10 bits per heavy atom. The van der Waals surface area contributed by atoms with E-state index in [9.17, 15) is 0 Å². The minimum absolute atomic E-state index is 0.398. The molecule has 0 aliphatic heterocycles. The van der Waals surface area contributed by atoms with Crippen molar-refractivity contribution in [3.05, 3.63) is 41.6 Å². The summed E-state index contributed by atoms with van der Waals surface area (Å²) in [5, 5.41) is 11.6. The third-order valence-corrected chi connectivity index (χ3v) is 6.64. The molecule has 1 atom stereocenters. The minimum atomic E-state index is 0.398. The molecule has 4 rings (SSSR count). The van der Waals surface area contributed by atoms with Crippen LogP contribution in [-0.4, -0.2) is 43.4 Å². The predicted octanol–water partition coefficient (Wildman–Crippen LogP) is 5.57. The molecule has 2 aromatic rings. The molecular formula is C25H35ClN4O. The first-order valence-corrected chi connectivity index (χ1v) is 12.0. The standard InChI is InChI=1S/C25H35ClN4O/c1-17(16-31-2)29-20-8-10-21(11-9-20)30-25-13-23(24(26)15-28-25)19-4-3-5-22(12-19)27-14-18-6-7-18/h3-5,12-13,15,17-18,20-21,27,29H,6-11,14,16H2,1-2H3,(H,28,30)/t17-,20-,21-/m1/s1. The van der Waals surface area contributed by atoms with Gasteiger partial charge in [0.05, 0.1) is 11.6 Å². The highest BCUT2D eigenvalue weighted by Gasteiger charge is 2.23. The lowest BCUT2D eigenvalue weighted by Gasteiger charge is -2.32. The Morgan fingerprint density at radius 2 is 1.87 bits per heavy atom. The monoisotopic (exact) mass is 442 g/mol. The van der Waals surface area contributed by atoms with Gasteiger partial charge >= 0.3 is 0 Å². The Bertz CT molecular complexity index is 849. The van der Waals surface area contributed by atoms with Crippen molar-refractivity contribution in [2.75, 3.05) is 30.9 Å². The summed E-state index contributed by atoms with van der Waals surface area (Å²) in [5.74, 6) is 1.75. The molecule has 1 aromatic carbocycles. The molecule has 1 heterocycles. The number of ether oxygens (including phenoxy) is 1. The summed E-state index contributed by atoms with van der Waals surface area (Å²) in [6.07, 6.45) is 9.07. The Balaban J connectivity index is 1.35. The van der Waals surface area contributed by atoms with Crippen LogP contribution < -0.4 is 16.0 Å². The average Bonchev–Trinajstić information content (AvgIpc) is 3.60. The van der Waals surface area contributed by atoms with Crippen molar-refractivity contribution >= 4 is 23.1 Å². The van der Waals surface area contributed by atoms with Gasteiger partial charge < -0.3 is 20.7 Å². The maximum atomic E-state index is 6.53. The van der Waals surface area contributed by atoms with Crippen molar-refractivity contribution in [2.24, 2.45) is 5.92 Å². The van der Waals surface area contributed by atoms with E-state index in [4.69, 9.17) is 16.3 Å². The van der Waals surface area contributed by atoms with E-state index >= 15 is 0 Å². The molecular weight excluding hydrogens is 408 g/mol. The van der Waals surface area contributed by atoms with Crippen molar-refractivity contribution < 1.29 is 4.74 Å². The number of benzene rings is 1. The molecule has 168 valence electrons. The maximum Gasteiger partial charge on any atom is 0.126 e. The SMILES string of the molecule is COC[C@@H](C)N[C@H]1CC[C@H](Nc2cc(-c3cccc(NCC4CC4)c3)c(Cl)cn2)CC1. The number of rotatable bonds is 10. The highest BCUT2D eigenvalue weighted by Crippen LogP contribution is 2.33. The zero-order valence-electron chi connectivity index (χ0n) is 18.7. The van der Waals surface area contributed by atoms with Gasteiger partial charge in [-0.25, -0.2) is 4.98 Å². The first-order chi connectivity index (χ1) is 15.1. The van der Waals surface area contributed by atoms with Crippen molar-refractivity contribution in [3.8, 4) is 11.1 Å². The van der Waals surface area contributed by atoms with Crippen LogP contribution in [-0.2, 0) is 4.74 Å². The van der Waals surface area contributed by atoms with Crippen LogP contribution in [0.4, 0.5) is 11.5 Å². The molecule has 0 bridgehead atoms. The number of anilines is 2. The van der Waals surface area contributed by atoms with E-state index in [1.807, 2.05) is 0 Å². The van der Waals surface area contributed by atoms with Gasteiger partial charge in [-0.1, -0.05) is 23.7 Å². The lowest BCUT2D eigenvalue weighted by atomic mass is 9.90. The van der Waals surface area contributed by atoms with Crippen molar-refractivity contribution in [1.82, 2.24) is 10.3 Å². The Morgan fingerprint density at radius 3 is 2.61 bits per heavy atom. The highest BCUT2D eigenvalue weighted by atomic mass is 35.5. The molecule has 2 aliphatic carbocycles. The normalized spacial score (nSPS) is 22.2. The Kier molecular flexibility index (Phi) is 7.70. The topological polar surface area (TPSA) is 58.2 Å². The molecule has 1 aromatic heterocycles. The van der Waals surface area contributed by atoms with Crippen LogP contribution in [0.15, 0.2) is 36.5 Å². The highest BCUT2D eigenvalue weighted by molar-refractivity contribution is 6.33. The Hall–Kier alpha value is -1.82. The third-order valence-electron chi connectivity index (χ3n) is 6.34. The van der Waals surface area contributed by atoms with E-state index < -0.39 is 0 Å². The summed E-state index contributed by atoms with van der Waals surface area (Å²) in [6.45, 7) is 4.00. The largest absolute Gasteiger partial charge is 0.385 e. The molecule has 3 N–H and O–H groups in total. The number of nitrogens with zero attached hydrogens (tertiary/aromatic N) is 1. The summed E-state index contributed by atoms with van der Waals surface area (Å²) >= 11 is 6.53. The maximum absolute atomic E-state index is 6.53. The number of aromatic nitrogens is 1. The van der Waals surface area contributed by atoms with E-state index in [1.54, 1.807) is 13.3 Å². The van der Waals surface area contributed by atoms with Crippen LogP contribution in [0, 0.1) is 5.92 Å². The molecule has 0 unspecified atom stereocenters. The van der Waals surface area contributed by atoms with Crippen molar-refractivity contribution in [1.29, 1.82) is 0 Å². The second kappa shape index (κ2) is 10.7. The molecule has 31 heavy (non-hydrogen) atoms. The quantitative estimate of drug-likeness (QED) is 0.449. The predicted molar refractivity (Wildman–Crippen MR) is 130 cm³/mol. The summed E-state index contributed by atoms with van der Waals surface area (Å²) in [5.41, 5.74) is 3.30. The van der Waals surface area contributed by atoms with Crippen LogP contribution in [0.3, 0.4) is 0 Å². The van der Waals surface area contributed by atoms with Gasteiger partial charge in [0.25, 0.3) is 0 Å². The van der Waals surface area contributed by atoms with E-state index in [1.165, 1.54) is 25.7 Å². The molecule has 6 heteroatoms. The minimum Gasteiger partial charge on any atom is -0.385 e. The molecule has 5 nitrogen and oxygen atoms in total. The van der Waals surface area contributed by atoms with Gasteiger partial charge in [0.1, 0.15) is 5.82 Å². The zero-order valence-corrected chi connectivity index (χ0v) is 19.4. The molecule has 2 aliphatic rings. The molecule has 2 fully saturated rings. The lowest BCUT2D eigenvalue weighted by Crippen LogP contribution is -2.42. The van der Waals surface area contributed by atoms with E-state index in [0.29, 0.717) is 23.1 Å². The molecule has 2 saturated carbocycles. The molecule has 0 radical (unpaired) electrons. The zero-order chi connectivity index (χ0) is 21.6. The van der Waals surface area contributed by atoms with Crippen molar-refractivity contribution in [2.45, 2.75) is 63.6 Å². The second-order valence-corrected chi connectivity index (χ2v) is 9.58. The fourth-order valence-electron chi connectivity index (χ4n) is 4.43. The summed E-state index contributed by atoms with van der Waals surface area (Å²) < 4.78 is 5.24. The van der Waals surface area contributed by atoms with E-state index in [0.717, 1.165) is 54.5 Å². The molecule has 0 saturated heterocycles. The smallest absolute Gasteiger partial charge is 0.126 e. The van der Waals surface area contributed by atoms with Gasteiger partial charge in [-0.15, -0.1) is 0 Å². The van der Waals surface area contributed by atoms with Gasteiger partial charge in [0.15, 0.2) is 0 Å². The van der Waals surface area contributed by atoms with Crippen LogP contribution in [0.25, 0.3) is 11.1 Å². The first kappa shape index (κ1) is 22.4. The number of halogens is 1. The van der Waals surface area contributed by atoms with Gasteiger partial charge in [-0.2, -0.15) is 0 Å². The Labute approximate surface area is 191 Å². The van der Waals surface area contributed by atoms with Gasteiger partial charge in [0, 0.05) is 49.2 Å². The van der Waals surface area contributed by atoms with Gasteiger partial charge in [0.2, 0.25) is 0 Å². The van der Waals surface area contributed by atoms with Crippen LogP contribution in [0.1, 0.15) is 45.4 Å². The summed E-state index contributed by atoms with van der Waals surface area (Å²) in [6, 6.07) is 12.0. The van der Waals surface area contributed by atoms with Gasteiger partial charge in [-0.3, -0.25) is 0 Å². The fourth-order valence-corrected chi connectivity index (χ4v) is 4.65. The van der Waals surface area contributed by atoms with Crippen LogP contribution in [0.5, 0.6) is 0 Å². The summed E-state index contributed by atoms with van der Waals surface area (Å²) in [4.78, 5) is 4.55. The number of pyridine rings is 1. The average molecular weight is 443 g/mol. The molecule has 0 spiro atoms. The number of methoxy groups -OCH3 is 1. The van der Waals surface area contributed by atoms with E-state index in [2.05, 4.69) is 58.2 Å². The number of hydrogen-bond acceptors (Lipinski definition) is 5. The van der Waals surface area contributed by atoms with Gasteiger partial charge in [-0.05, 0) is 75.1 Å². The first-order valence-electron chi connectivity index (χ1n) is 11.6.